The molecule has 1 saturated heterocycles. The van der Waals surface area contributed by atoms with Crippen LogP contribution in [-0.4, -0.2) is 35.5 Å². The second-order valence-electron chi connectivity index (χ2n) is 8.40. The number of nitrogens with two attached hydrogens (primary N) is 1. The van der Waals surface area contributed by atoms with E-state index < -0.39 is 6.10 Å². The molecular formula is C25H28N2O4. The molecule has 1 unspecified atom stereocenters. The predicted molar refractivity (Wildman–Crippen MR) is 120 cm³/mol. The molecule has 3 N–H and O–H groups in total. The fourth-order valence-corrected chi connectivity index (χ4v) is 4.37. The van der Waals surface area contributed by atoms with E-state index in [4.69, 9.17) is 10.2 Å². The van der Waals surface area contributed by atoms with Crippen molar-refractivity contribution in [2.75, 3.05) is 19.6 Å². The number of primary amides is 1. The summed E-state index contributed by atoms with van der Waals surface area (Å²) in [6.07, 6.45) is 1.26. The van der Waals surface area contributed by atoms with E-state index in [0.29, 0.717) is 29.7 Å². The quantitative estimate of drug-likeness (QED) is 0.598. The van der Waals surface area contributed by atoms with Crippen molar-refractivity contribution in [1.82, 2.24) is 4.90 Å². The number of benzene rings is 2. The Kier molecular flexibility index (Phi) is 6.20. The molecule has 162 valence electrons. The minimum atomic E-state index is -0.705. The molecule has 1 atom stereocenters. The Balaban J connectivity index is 1.52. The van der Waals surface area contributed by atoms with E-state index in [1.54, 1.807) is 6.07 Å². The van der Waals surface area contributed by atoms with Crippen LogP contribution < -0.4 is 11.4 Å². The van der Waals surface area contributed by atoms with Gasteiger partial charge in [0.25, 0.3) is 0 Å². The van der Waals surface area contributed by atoms with Crippen LogP contribution in [0.25, 0.3) is 11.0 Å². The molecule has 3 aromatic rings. The molecule has 0 radical (unpaired) electrons. The molecule has 1 aromatic heterocycles. The molecule has 1 fully saturated rings. The number of carbonyl (C=O) groups excluding carboxylic acids is 1. The lowest BCUT2D eigenvalue weighted by Gasteiger charge is -2.31. The lowest BCUT2D eigenvalue weighted by Crippen LogP contribution is -2.40. The maximum absolute atomic E-state index is 12.7. The van der Waals surface area contributed by atoms with Gasteiger partial charge in [0.15, 0.2) is 0 Å². The minimum Gasteiger partial charge on any atom is -0.422 e. The summed E-state index contributed by atoms with van der Waals surface area (Å²) in [5.74, 6) is -0.317. The molecule has 1 aliphatic heterocycles. The second kappa shape index (κ2) is 9.04. The molecule has 0 aliphatic carbocycles. The number of aryl methyl sites for hydroxylation is 1. The summed E-state index contributed by atoms with van der Waals surface area (Å²) in [5.41, 5.74) is 8.88. The molecular weight excluding hydrogens is 392 g/mol. The van der Waals surface area contributed by atoms with Gasteiger partial charge in [-0.1, -0.05) is 42.5 Å². The third-order valence-electron chi connectivity index (χ3n) is 6.34. The van der Waals surface area contributed by atoms with Gasteiger partial charge >= 0.3 is 5.63 Å². The molecule has 4 rings (SSSR count). The van der Waals surface area contributed by atoms with Crippen molar-refractivity contribution < 1.29 is 14.3 Å². The largest absolute Gasteiger partial charge is 0.422 e. The SMILES string of the molecule is Cc1c(Cc2ccccc2)c(=O)oc2cc(C(O)CN3CCC(C(N)=O)CC3)ccc12. The van der Waals surface area contributed by atoms with Crippen molar-refractivity contribution in [2.24, 2.45) is 11.7 Å². The van der Waals surface area contributed by atoms with Crippen LogP contribution in [0.4, 0.5) is 0 Å². The van der Waals surface area contributed by atoms with Gasteiger partial charge in [-0.05, 0) is 55.6 Å². The molecule has 31 heavy (non-hydrogen) atoms. The van der Waals surface area contributed by atoms with Crippen LogP contribution in [0.5, 0.6) is 0 Å². The van der Waals surface area contributed by atoms with Crippen LogP contribution in [0.3, 0.4) is 0 Å². The average molecular weight is 421 g/mol. The predicted octanol–water partition coefficient (Wildman–Crippen LogP) is 2.92. The highest BCUT2D eigenvalue weighted by molar-refractivity contribution is 5.82. The van der Waals surface area contributed by atoms with E-state index in [0.717, 1.165) is 42.4 Å². The fraction of sp³-hybridized carbons (Fsp3) is 0.360. The average Bonchev–Trinajstić information content (AvgIpc) is 2.77. The molecule has 6 nitrogen and oxygen atoms in total. The summed E-state index contributed by atoms with van der Waals surface area (Å²) in [4.78, 5) is 26.1. The van der Waals surface area contributed by atoms with Crippen molar-refractivity contribution in [3.8, 4) is 0 Å². The first-order chi connectivity index (χ1) is 14.9. The highest BCUT2D eigenvalue weighted by Crippen LogP contribution is 2.26. The Morgan fingerprint density at radius 3 is 2.58 bits per heavy atom. The number of β-amino-alcohol motifs (C(OH)–C–C–N with tert-alkyl or cyclic N) is 1. The lowest BCUT2D eigenvalue weighted by molar-refractivity contribution is -0.123. The molecule has 0 saturated carbocycles. The number of aliphatic hydroxyl groups excluding tert-OH is 1. The normalized spacial score (nSPS) is 16.5. The van der Waals surface area contributed by atoms with Gasteiger partial charge in [-0.25, -0.2) is 4.79 Å². The number of likely N-dealkylation sites (tertiary alicyclic amines) is 1. The number of rotatable bonds is 6. The number of hydrogen-bond acceptors (Lipinski definition) is 5. The summed E-state index contributed by atoms with van der Waals surface area (Å²) in [6.45, 7) is 3.87. The molecule has 2 heterocycles. The summed E-state index contributed by atoms with van der Waals surface area (Å²) < 4.78 is 5.64. The maximum Gasteiger partial charge on any atom is 0.340 e. The number of carbonyl (C=O) groups is 1. The van der Waals surface area contributed by atoms with Crippen molar-refractivity contribution in [1.29, 1.82) is 0 Å². The summed E-state index contributed by atoms with van der Waals surface area (Å²) in [7, 11) is 0. The van der Waals surface area contributed by atoms with Gasteiger partial charge in [0.05, 0.1) is 6.10 Å². The molecule has 1 aliphatic rings. The van der Waals surface area contributed by atoms with Crippen LogP contribution >= 0.6 is 0 Å². The number of amides is 1. The Bertz CT molecular complexity index is 1130. The van der Waals surface area contributed by atoms with Crippen LogP contribution in [0, 0.1) is 12.8 Å². The van der Waals surface area contributed by atoms with Gasteiger partial charge < -0.3 is 20.2 Å². The van der Waals surface area contributed by atoms with Crippen molar-refractivity contribution >= 4 is 16.9 Å². The topological polar surface area (TPSA) is 96.8 Å². The molecule has 6 heteroatoms. The summed E-state index contributed by atoms with van der Waals surface area (Å²) in [6, 6.07) is 15.4. The molecule has 0 spiro atoms. The van der Waals surface area contributed by atoms with E-state index in [9.17, 15) is 14.7 Å². The van der Waals surface area contributed by atoms with Gasteiger partial charge in [-0.3, -0.25) is 4.79 Å². The zero-order valence-electron chi connectivity index (χ0n) is 17.7. The van der Waals surface area contributed by atoms with Crippen LogP contribution in [0.1, 0.15) is 41.2 Å². The highest BCUT2D eigenvalue weighted by atomic mass is 16.4. The van der Waals surface area contributed by atoms with E-state index in [-0.39, 0.29) is 17.5 Å². The summed E-state index contributed by atoms with van der Waals surface area (Å²) in [5, 5.41) is 11.6. The van der Waals surface area contributed by atoms with Crippen molar-refractivity contribution in [2.45, 2.75) is 32.3 Å². The number of nitrogens with zero attached hydrogens (tertiary/aromatic N) is 1. The minimum absolute atomic E-state index is 0.0728. The first-order valence-electron chi connectivity index (χ1n) is 10.7. The van der Waals surface area contributed by atoms with Gasteiger partial charge in [0.2, 0.25) is 5.91 Å². The van der Waals surface area contributed by atoms with Gasteiger partial charge in [0.1, 0.15) is 5.58 Å². The third-order valence-corrected chi connectivity index (χ3v) is 6.34. The molecule has 0 bridgehead atoms. The second-order valence-corrected chi connectivity index (χ2v) is 8.40. The molecule has 2 aromatic carbocycles. The zero-order valence-corrected chi connectivity index (χ0v) is 17.7. The Morgan fingerprint density at radius 2 is 1.90 bits per heavy atom. The van der Waals surface area contributed by atoms with Gasteiger partial charge in [-0.15, -0.1) is 0 Å². The maximum atomic E-state index is 12.7. The lowest BCUT2D eigenvalue weighted by atomic mass is 9.95. The third kappa shape index (κ3) is 4.70. The smallest absolute Gasteiger partial charge is 0.340 e. The van der Waals surface area contributed by atoms with E-state index in [1.807, 2.05) is 49.4 Å². The van der Waals surface area contributed by atoms with E-state index in [1.165, 1.54) is 0 Å². The first-order valence-corrected chi connectivity index (χ1v) is 10.7. The van der Waals surface area contributed by atoms with Crippen LogP contribution in [-0.2, 0) is 11.2 Å². The highest BCUT2D eigenvalue weighted by Gasteiger charge is 2.25. The Labute approximate surface area is 181 Å². The summed E-state index contributed by atoms with van der Waals surface area (Å²) >= 11 is 0. The van der Waals surface area contributed by atoms with Gasteiger partial charge in [-0.2, -0.15) is 0 Å². The Hall–Kier alpha value is -2.96. The van der Waals surface area contributed by atoms with Crippen LogP contribution in [0.15, 0.2) is 57.7 Å². The number of aliphatic hydroxyl groups is 1. The fourth-order valence-electron chi connectivity index (χ4n) is 4.37. The molecule has 1 amide bonds. The van der Waals surface area contributed by atoms with E-state index in [2.05, 4.69) is 4.90 Å². The van der Waals surface area contributed by atoms with Crippen molar-refractivity contribution in [3.63, 3.8) is 0 Å². The van der Waals surface area contributed by atoms with Crippen molar-refractivity contribution in [3.05, 3.63) is 81.2 Å². The Morgan fingerprint density at radius 1 is 1.19 bits per heavy atom. The monoisotopic (exact) mass is 420 g/mol. The number of hydrogen-bond donors (Lipinski definition) is 2. The number of piperidine rings is 1. The standard InChI is InChI=1S/C25H28N2O4/c1-16-20-8-7-19(22(28)15-27-11-9-18(10-12-27)24(26)29)14-23(20)31-25(30)21(16)13-17-5-3-2-4-6-17/h2-8,14,18,22,28H,9-13,15H2,1H3,(H2,26,29). The number of fused-ring (bicyclic) bond motifs is 1. The zero-order chi connectivity index (χ0) is 22.0. The first kappa shape index (κ1) is 21.3. The van der Waals surface area contributed by atoms with Gasteiger partial charge in [0, 0.05) is 29.8 Å². The van der Waals surface area contributed by atoms with Crippen LogP contribution in [0.2, 0.25) is 0 Å². The van der Waals surface area contributed by atoms with E-state index >= 15 is 0 Å².